The van der Waals surface area contributed by atoms with Crippen LogP contribution in [0.25, 0.3) is 0 Å². The second-order valence-corrected chi connectivity index (χ2v) is 34.1. The number of ether oxygens (including phenoxy) is 11. The van der Waals surface area contributed by atoms with Crippen molar-refractivity contribution in [2.24, 2.45) is 64.9 Å². The fourth-order valence-electron chi connectivity index (χ4n) is 5.74. The summed E-state index contributed by atoms with van der Waals surface area (Å²) in [7, 11) is 6.45. The van der Waals surface area contributed by atoms with Gasteiger partial charge in [-0.25, -0.2) is 4.79 Å². The molecule has 5 amide bonds. The Kier molecular flexibility index (Phi) is 110. The molecule has 1 heterocycles. The van der Waals surface area contributed by atoms with Gasteiger partial charge in [0.1, 0.15) is 11.4 Å². The number of nitrogens with one attached hydrogen (secondary N) is 3. The van der Waals surface area contributed by atoms with E-state index in [1.165, 1.54) is 21.0 Å². The van der Waals surface area contributed by atoms with Gasteiger partial charge in [0.25, 0.3) is 0 Å². The summed E-state index contributed by atoms with van der Waals surface area (Å²) in [6.45, 7) is 89.9. The zero-order valence-electron chi connectivity index (χ0n) is 84.5. The standard InChI is InChI=1S/C8H15NO2.C8H17NO2.C8H16O2.C7H15NO.C7H14O2.C7H14O.C6H12O2.C6H14O.C5H11NO.C5H10O2.2C5H12O.C4H7F3O.C4H9NO.C4H10O/c1-7(2)8(10)9-3-5-11-6-4-9;1-6(2)11-7(10)9-8(3,4)5;1-6(2)7(9)10-8(3,4)5;1-5(2)7(9)8-6(3)4;1-5(2)7(8)9-6(3)4;1-6(2)4-5-7(3)8;1-4-8-6(7)5(2)3;1-5(2)7-6(3)4;1-4(2)5(7)6-3;1-4(2)5(6)7-3;1-5(2)4-6-3;1-4-6-5(2)3;1-3(2)8-4(5,6)7;1-3(2)4(5)6;1-4(2)5-3/h7H,3-6H2,1-2H3;6H,1-5H3,(H,9,10);6H,1-5H3;5-6H,1-4H3,(H,8,9);5-6H,1-4H3;6H,4-5H2,1-3H3;5H,4H2,1-3H3;5-6H,1-4H3;4H,1-3H3,(H,6,7);4H,1-3H3;2*5H,4H2,1-3H3;3H,1-2H3;3H,1-2H3,(H2,5,6);4H,1-3H3. The SMILES string of the molecule is CC(=O)CCC(C)C.CC(C)C(=O)N1CCOCC1.CC(C)C(=O)OC(C)(C)C.CC(C)C(N)=O.CC(C)NC(=O)C(C)C.CC(C)OC(=O)C(C)C.CC(C)OC(=O)NC(C)(C)C.CC(C)OC(C)C.CC(C)OC(F)(F)F.CCOC(=O)C(C)C.CCOC(C)C.CNC(=O)C(C)C.COC(=O)C(C)C.COC(C)C.COCC(C)C. The van der Waals surface area contributed by atoms with Gasteiger partial charge in [0.05, 0.1) is 93.3 Å². The van der Waals surface area contributed by atoms with Crippen LogP contribution in [0.2, 0.25) is 0 Å². The number of halogens is 3. The molecule has 716 valence electrons. The van der Waals surface area contributed by atoms with Crippen LogP contribution in [0, 0.1) is 59.2 Å². The maximum Gasteiger partial charge on any atom is 0.522 e. The Morgan fingerprint density at radius 2 is 0.847 bits per heavy atom. The van der Waals surface area contributed by atoms with Crippen LogP contribution in [0.15, 0.2) is 0 Å². The molecule has 118 heavy (non-hydrogen) atoms. The minimum Gasteiger partial charge on any atom is -0.469 e. The highest BCUT2D eigenvalue weighted by molar-refractivity contribution is 5.79. The number of nitrogens with two attached hydrogens (primary N) is 1. The summed E-state index contributed by atoms with van der Waals surface area (Å²) in [4.78, 5) is 108. The topological polar surface area (TPSA) is 338 Å². The van der Waals surface area contributed by atoms with Crippen LogP contribution in [-0.4, -0.2) is 205 Å². The van der Waals surface area contributed by atoms with Crippen molar-refractivity contribution in [3.05, 3.63) is 0 Å². The first kappa shape index (κ1) is 144. The molecule has 0 unspecified atom stereocenters. The molecule has 29 heteroatoms. The third kappa shape index (κ3) is 165. The van der Waals surface area contributed by atoms with Gasteiger partial charge in [0.15, 0.2) is 0 Å². The Bertz CT molecular complexity index is 2260. The highest BCUT2D eigenvalue weighted by Crippen LogP contribution is 2.18. The van der Waals surface area contributed by atoms with Crippen molar-refractivity contribution >= 4 is 59.4 Å². The van der Waals surface area contributed by atoms with Crippen LogP contribution in [0.1, 0.15) is 324 Å². The average molecular weight is 1720 g/mol. The van der Waals surface area contributed by atoms with Crippen LogP contribution >= 0.6 is 0 Å². The van der Waals surface area contributed by atoms with E-state index in [2.05, 4.69) is 57.9 Å². The largest absolute Gasteiger partial charge is 0.522 e. The van der Waals surface area contributed by atoms with Crippen LogP contribution in [0.5, 0.6) is 0 Å². The molecule has 0 aromatic heterocycles. The number of methoxy groups -OCH3 is 3. The van der Waals surface area contributed by atoms with Gasteiger partial charge in [-0.05, 0) is 191 Å². The van der Waals surface area contributed by atoms with Gasteiger partial charge in [-0.15, -0.1) is 13.2 Å². The molecule has 0 aliphatic carbocycles. The number of nitrogens with zero attached hydrogens (tertiary/aromatic N) is 1. The summed E-state index contributed by atoms with van der Waals surface area (Å²) in [5.41, 5.74) is 4.23. The van der Waals surface area contributed by atoms with Crippen LogP contribution < -0.4 is 21.7 Å². The van der Waals surface area contributed by atoms with Gasteiger partial charge in [-0.3, -0.25) is 43.1 Å². The summed E-state index contributed by atoms with van der Waals surface area (Å²) in [5.74, 6) is 1.66. The van der Waals surface area contributed by atoms with E-state index >= 15 is 0 Å². The van der Waals surface area contributed by atoms with Crippen molar-refractivity contribution in [3.63, 3.8) is 0 Å². The molecule has 1 saturated heterocycles. The predicted molar refractivity (Wildman–Crippen MR) is 477 cm³/mol. The second-order valence-electron chi connectivity index (χ2n) is 34.1. The third-order valence-electron chi connectivity index (χ3n) is 11.5. The number of morpholine rings is 1. The molecule has 1 aliphatic heterocycles. The Balaban J connectivity index is -0.0000000822. The molecule has 0 bridgehead atoms. The monoisotopic (exact) mass is 1720 g/mol. The van der Waals surface area contributed by atoms with Gasteiger partial charge in [0, 0.05) is 89.2 Å². The molecule has 5 N–H and O–H groups in total. The van der Waals surface area contributed by atoms with E-state index in [1.807, 2.05) is 233 Å². The second kappa shape index (κ2) is 90.5. The van der Waals surface area contributed by atoms with Gasteiger partial charge < -0.3 is 78.7 Å². The van der Waals surface area contributed by atoms with Gasteiger partial charge in [-0.2, -0.15) is 0 Å². The Labute approximate surface area is 720 Å². The van der Waals surface area contributed by atoms with E-state index in [0.717, 1.165) is 39.1 Å². The number of amides is 5. The smallest absolute Gasteiger partial charge is 0.469 e. The first-order chi connectivity index (χ1) is 53.1. The number of primary amides is 1. The van der Waals surface area contributed by atoms with Crippen molar-refractivity contribution < 1.29 is 113 Å². The third-order valence-corrected chi connectivity index (χ3v) is 11.5. The molecule has 0 spiro atoms. The van der Waals surface area contributed by atoms with Gasteiger partial charge >= 0.3 is 36.3 Å². The van der Waals surface area contributed by atoms with E-state index in [4.69, 9.17) is 43.6 Å². The lowest BCUT2D eigenvalue weighted by atomic mass is 10.1. The first-order valence-electron chi connectivity index (χ1n) is 42.0. The van der Waals surface area contributed by atoms with Gasteiger partial charge in [-0.1, -0.05) is 138 Å². The molecule has 1 fully saturated rings. The lowest BCUT2D eigenvalue weighted by molar-refractivity contribution is -0.338. The fraction of sp³-hybridized carbons (Fsp3) is 0.888. The molecule has 0 radical (unpaired) electrons. The normalized spacial score (nSPS) is 11.3. The van der Waals surface area contributed by atoms with Crippen molar-refractivity contribution in [1.82, 2.24) is 20.9 Å². The number of hydrogen-bond acceptors (Lipinski definition) is 21. The lowest BCUT2D eigenvalue weighted by Gasteiger charge is -2.28. The number of hydrogen-bond donors (Lipinski definition) is 4. The average Bonchev–Trinajstić information content (AvgIpc) is 0.903. The Morgan fingerprint density at radius 1 is 0.466 bits per heavy atom. The van der Waals surface area contributed by atoms with Crippen LogP contribution in [0.4, 0.5) is 18.0 Å². The van der Waals surface area contributed by atoms with Crippen molar-refractivity contribution in [2.45, 2.75) is 391 Å². The minimum absolute atomic E-state index is 0.00463. The first-order valence-corrected chi connectivity index (χ1v) is 42.0. The molecular formula is C89H188F3N5O21. The number of ketones is 1. The predicted octanol–water partition coefficient (Wildman–Crippen LogP) is 19.2. The summed E-state index contributed by atoms with van der Waals surface area (Å²) in [6.07, 6.45) is -2.34. The zero-order valence-corrected chi connectivity index (χ0v) is 84.5. The van der Waals surface area contributed by atoms with E-state index in [9.17, 15) is 61.1 Å². The number of alkyl carbamates (subject to hydrolysis) is 1. The van der Waals surface area contributed by atoms with E-state index < -0.39 is 12.5 Å². The maximum absolute atomic E-state index is 11.4. The highest BCUT2D eigenvalue weighted by Gasteiger charge is 2.30. The maximum atomic E-state index is 11.4. The van der Waals surface area contributed by atoms with Gasteiger partial charge in [0.2, 0.25) is 23.6 Å². The zero-order chi connectivity index (χ0) is 97.5. The molecule has 0 aromatic carbocycles. The Hall–Kier alpha value is -5.75. The quantitative estimate of drug-likeness (QED) is 0.0545. The Morgan fingerprint density at radius 3 is 0.958 bits per heavy atom. The summed E-state index contributed by atoms with van der Waals surface area (Å²) >= 11 is 0. The number of rotatable bonds is 23. The van der Waals surface area contributed by atoms with Crippen molar-refractivity contribution in [3.8, 4) is 0 Å². The molecule has 1 rings (SSSR count). The lowest BCUT2D eigenvalue weighted by Crippen LogP contribution is -2.42. The summed E-state index contributed by atoms with van der Waals surface area (Å²) in [5, 5.41) is 8.02. The molecule has 1 aliphatic rings. The minimum atomic E-state index is -4.48. The summed E-state index contributed by atoms with van der Waals surface area (Å²) in [6, 6.07) is 0.264. The highest BCUT2D eigenvalue weighted by atomic mass is 19.4. The number of carbonyl (C=O) groups excluding carboxylic acids is 10. The number of esters is 4. The van der Waals surface area contributed by atoms with E-state index in [-0.39, 0.29) is 130 Å². The number of Topliss-reactive ketones (excluding diaryl/α,β-unsaturated/α-hetero) is 1. The number of carbonyl (C=O) groups is 10. The molecule has 0 atom stereocenters. The molecule has 26 nitrogen and oxygen atoms in total. The van der Waals surface area contributed by atoms with Crippen molar-refractivity contribution in [1.29, 1.82) is 0 Å². The van der Waals surface area contributed by atoms with Crippen LogP contribution in [-0.2, 0) is 95.3 Å². The number of alkyl halides is 3. The van der Waals surface area contributed by atoms with E-state index in [1.54, 1.807) is 62.8 Å². The molecule has 0 saturated carbocycles. The van der Waals surface area contributed by atoms with E-state index in [0.29, 0.717) is 61.9 Å². The van der Waals surface area contributed by atoms with Crippen LogP contribution in [0.3, 0.4) is 0 Å². The molecular weight excluding hydrogens is 1530 g/mol. The fourth-order valence-corrected chi connectivity index (χ4v) is 5.74. The summed E-state index contributed by atoms with van der Waals surface area (Å²) < 4.78 is 85.5. The van der Waals surface area contributed by atoms with Crippen molar-refractivity contribution in [2.75, 3.05) is 74.5 Å². The molecule has 0 aromatic rings.